The second-order valence-electron chi connectivity index (χ2n) is 11.8. The summed E-state index contributed by atoms with van der Waals surface area (Å²) >= 11 is 12.4. The minimum absolute atomic E-state index is 0.0325. The zero-order valence-corrected chi connectivity index (χ0v) is 24.4. The Morgan fingerprint density at radius 3 is 2.49 bits per heavy atom. The Morgan fingerprint density at radius 2 is 1.79 bits per heavy atom. The number of phenolic OH excluding ortho intramolecular Hbond substituents is 1. The number of hydrogen-bond acceptors (Lipinski definition) is 6. The Hall–Kier alpha value is -3.76. The Labute approximate surface area is 255 Å². The summed E-state index contributed by atoms with van der Waals surface area (Å²) < 4.78 is 14.0. The number of anilines is 1. The molecule has 43 heavy (non-hydrogen) atoms. The number of carbonyl (C=O) groups is 5. The molecule has 0 unspecified atom stereocenters. The van der Waals surface area contributed by atoms with Gasteiger partial charge in [0.15, 0.2) is 0 Å². The Bertz CT molecular complexity index is 1640. The summed E-state index contributed by atoms with van der Waals surface area (Å²) in [5.41, 5.74) is -0.365. The van der Waals surface area contributed by atoms with E-state index in [1.165, 1.54) is 30.3 Å². The van der Waals surface area contributed by atoms with Crippen LogP contribution >= 0.6 is 23.2 Å². The summed E-state index contributed by atoms with van der Waals surface area (Å²) in [5, 5.41) is 20.1. The van der Waals surface area contributed by atoms with E-state index in [2.05, 4.69) is 0 Å². The number of rotatable bonds is 6. The van der Waals surface area contributed by atoms with Gasteiger partial charge in [0.05, 0.1) is 33.9 Å². The van der Waals surface area contributed by atoms with E-state index in [9.17, 15) is 33.5 Å². The van der Waals surface area contributed by atoms with Gasteiger partial charge in [0.1, 0.15) is 11.6 Å². The van der Waals surface area contributed by atoms with Crippen molar-refractivity contribution < 1.29 is 38.6 Å². The van der Waals surface area contributed by atoms with Crippen LogP contribution < -0.4 is 4.90 Å². The van der Waals surface area contributed by atoms with Gasteiger partial charge < -0.3 is 10.2 Å². The number of phenols is 1. The lowest BCUT2D eigenvalue weighted by Gasteiger charge is -2.49. The fraction of sp³-hybridized carbons (Fsp3) is 0.387. The van der Waals surface area contributed by atoms with Gasteiger partial charge in [0, 0.05) is 29.5 Å². The highest BCUT2D eigenvalue weighted by Gasteiger charge is 2.67. The van der Waals surface area contributed by atoms with Crippen LogP contribution in [0.25, 0.3) is 0 Å². The first-order chi connectivity index (χ1) is 20.4. The number of likely N-dealkylation sites (tertiary alicyclic amines) is 1. The summed E-state index contributed by atoms with van der Waals surface area (Å²) in [6.07, 6.45) is 2.03. The van der Waals surface area contributed by atoms with Crippen LogP contribution in [-0.4, -0.2) is 51.3 Å². The van der Waals surface area contributed by atoms with Gasteiger partial charge in [-0.3, -0.25) is 28.9 Å². The molecule has 4 amide bonds. The van der Waals surface area contributed by atoms with E-state index in [-0.39, 0.29) is 54.6 Å². The molecule has 2 aliphatic heterocycles. The lowest BCUT2D eigenvalue weighted by molar-refractivity contribution is -0.142. The molecule has 2 aromatic rings. The van der Waals surface area contributed by atoms with Crippen molar-refractivity contribution in [1.82, 2.24) is 4.90 Å². The quantitative estimate of drug-likeness (QED) is 0.342. The van der Waals surface area contributed by atoms with E-state index in [0.717, 1.165) is 15.9 Å². The molecule has 0 bridgehead atoms. The normalized spacial score (nSPS) is 29.9. The van der Waals surface area contributed by atoms with Crippen molar-refractivity contribution in [1.29, 1.82) is 0 Å². The number of allylic oxidation sites excluding steroid dienone is 2. The maximum absolute atomic E-state index is 14.3. The number of imide groups is 2. The number of aliphatic carboxylic acids is 1. The Morgan fingerprint density at radius 1 is 1.05 bits per heavy atom. The van der Waals surface area contributed by atoms with Crippen molar-refractivity contribution in [3.05, 3.63) is 69.5 Å². The van der Waals surface area contributed by atoms with E-state index in [0.29, 0.717) is 16.2 Å². The summed E-state index contributed by atoms with van der Waals surface area (Å²) in [6.45, 7) is 1.62. The SMILES string of the molecule is C[C@@]12C(=O)N(c3ccc(F)c(Cl)c3)C(=O)[C@@H]1C[C@@H]1C(=CC[C@@H]3C(=O)N(CCCC(=O)O)C(=O)[C@@H]31)[C@@H]2c1cc(Cl)ccc1O. The maximum atomic E-state index is 14.3. The van der Waals surface area contributed by atoms with Crippen molar-refractivity contribution in [2.75, 3.05) is 11.4 Å². The molecule has 0 aromatic heterocycles. The number of amides is 4. The lowest BCUT2D eigenvalue weighted by atomic mass is 9.51. The van der Waals surface area contributed by atoms with Crippen LogP contribution in [0.4, 0.5) is 10.1 Å². The summed E-state index contributed by atoms with van der Waals surface area (Å²) in [7, 11) is 0. The number of aromatic hydroxyl groups is 1. The standard InChI is InChI=1S/C31H27Cl2FN2O7/c1-31-20(28(41)36(30(31)43)15-5-8-22(34)21(33)12-15)13-18-16(26(31)19-11-14(32)4-9-23(19)37)6-7-17-25(18)29(42)35(27(17)40)10-2-3-24(38)39/h4-6,8-9,11-12,17-18,20,25-26,37H,2-3,7,10,13H2,1H3,(H,38,39)/t17-,18+,20-,25-,26+,31+/m0/s1. The van der Waals surface area contributed by atoms with Crippen LogP contribution in [0.1, 0.15) is 44.1 Å². The van der Waals surface area contributed by atoms with E-state index >= 15 is 0 Å². The highest BCUT2D eigenvalue weighted by atomic mass is 35.5. The van der Waals surface area contributed by atoms with Crippen LogP contribution in [0.2, 0.25) is 10.0 Å². The minimum atomic E-state index is -1.43. The van der Waals surface area contributed by atoms with Gasteiger partial charge in [-0.1, -0.05) is 34.9 Å². The molecule has 1 saturated carbocycles. The second-order valence-corrected chi connectivity index (χ2v) is 12.6. The first-order valence-corrected chi connectivity index (χ1v) is 14.7. The molecular weight excluding hydrogens is 602 g/mol. The molecule has 12 heteroatoms. The Kier molecular flexibility index (Phi) is 7.12. The van der Waals surface area contributed by atoms with E-state index < -0.39 is 64.5 Å². The van der Waals surface area contributed by atoms with Gasteiger partial charge in [-0.25, -0.2) is 9.29 Å². The monoisotopic (exact) mass is 628 g/mol. The average molecular weight is 629 g/mol. The molecule has 6 atom stereocenters. The Balaban J connectivity index is 1.47. The molecule has 224 valence electrons. The number of nitrogens with zero attached hydrogens (tertiary/aromatic N) is 2. The van der Waals surface area contributed by atoms with Crippen molar-refractivity contribution in [2.45, 2.75) is 38.5 Å². The fourth-order valence-electron chi connectivity index (χ4n) is 7.66. The second kappa shape index (κ2) is 10.4. The molecule has 2 heterocycles. The van der Waals surface area contributed by atoms with E-state index in [1.807, 2.05) is 6.08 Å². The van der Waals surface area contributed by atoms with Crippen LogP contribution in [0.5, 0.6) is 5.75 Å². The van der Waals surface area contributed by atoms with Crippen molar-refractivity contribution in [3.8, 4) is 5.75 Å². The third kappa shape index (κ3) is 4.37. The highest BCUT2D eigenvalue weighted by Crippen LogP contribution is 2.64. The van der Waals surface area contributed by atoms with Crippen molar-refractivity contribution in [2.24, 2.45) is 29.1 Å². The smallest absolute Gasteiger partial charge is 0.303 e. The molecule has 2 aromatic carbocycles. The summed E-state index contributed by atoms with van der Waals surface area (Å²) in [6, 6.07) is 7.99. The van der Waals surface area contributed by atoms with Crippen LogP contribution in [-0.2, 0) is 24.0 Å². The number of carbonyl (C=O) groups excluding carboxylic acids is 4. The molecule has 0 radical (unpaired) electrons. The number of carboxylic acid groups (broad SMARTS) is 1. The molecule has 0 spiro atoms. The minimum Gasteiger partial charge on any atom is -0.508 e. The van der Waals surface area contributed by atoms with Gasteiger partial charge in [0.2, 0.25) is 23.6 Å². The highest BCUT2D eigenvalue weighted by molar-refractivity contribution is 6.32. The molecular formula is C31H27Cl2FN2O7. The number of halogens is 3. The van der Waals surface area contributed by atoms with Crippen LogP contribution in [0, 0.1) is 34.9 Å². The number of hydrogen-bond donors (Lipinski definition) is 2. The molecule has 3 fully saturated rings. The predicted molar refractivity (Wildman–Crippen MR) is 153 cm³/mol. The fourth-order valence-corrected chi connectivity index (χ4v) is 8.02. The van der Waals surface area contributed by atoms with Gasteiger partial charge >= 0.3 is 5.97 Å². The largest absolute Gasteiger partial charge is 0.508 e. The van der Waals surface area contributed by atoms with Gasteiger partial charge in [-0.05, 0) is 68.5 Å². The third-order valence-electron chi connectivity index (χ3n) is 9.60. The van der Waals surface area contributed by atoms with Crippen LogP contribution in [0.15, 0.2) is 48.0 Å². The van der Waals surface area contributed by atoms with Gasteiger partial charge in [-0.2, -0.15) is 0 Å². The zero-order valence-electron chi connectivity index (χ0n) is 22.9. The van der Waals surface area contributed by atoms with Crippen molar-refractivity contribution in [3.63, 3.8) is 0 Å². The molecule has 4 aliphatic rings. The number of benzene rings is 2. The predicted octanol–water partition coefficient (Wildman–Crippen LogP) is 4.93. The molecule has 2 aliphatic carbocycles. The van der Waals surface area contributed by atoms with Gasteiger partial charge in [-0.15, -0.1) is 0 Å². The molecule has 2 saturated heterocycles. The van der Waals surface area contributed by atoms with Crippen molar-refractivity contribution >= 4 is 58.5 Å². The zero-order chi connectivity index (χ0) is 31.0. The number of fused-ring (bicyclic) bond motifs is 4. The third-order valence-corrected chi connectivity index (χ3v) is 10.1. The number of carboxylic acids is 1. The summed E-state index contributed by atoms with van der Waals surface area (Å²) in [5.74, 6) is -7.81. The lowest BCUT2D eigenvalue weighted by Crippen LogP contribution is -2.48. The molecule has 9 nitrogen and oxygen atoms in total. The first kappa shape index (κ1) is 29.3. The van der Waals surface area contributed by atoms with Gasteiger partial charge in [0.25, 0.3) is 0 Å². The summed E-state index contributed by atoms with van der Waals surface area (Å²) in [4.78, 5) is 68.7. The van der Waals surface area contributed by atoms with E-state index in [4.69, 9.17) is 28.3 Å². The van der Waals surface area contributed by atoms with E-state index in [1.54, 1.807) is 6.92 Å². The topological polar surface area (TPSA) is 132 Å². The molecule has 6 rings (SSSR count). The maximum Gasteiger partial charge on any atom is 0.303 e. The average Bonchev–Trinajstić information content (AvgIpc) is 3.31. The first-order valence-electron chi connectivity index (χ1n) is 13.9. The molecule has 2 N–H and O–H groups in total. The van der Waals surface area contributed by atoms with Crippen LogP contribution in [0.3, 0.4) is 0 Å².